The number of imidazole rings is 1. The summed E-state index contributed by atoms with van der Waals surface area (Å²) in [4.78, 5) is 10.7. The Bertz CT molecular complexity index is 474. The van der Waals surface area contributed by atoms with Gasteiger partial charge >= 0.3 is 0 Å². The minimum absolute atomic E-state index is 0.476. The average molecular weight is 231 g/mol. The van der Waals surface area contributed by atoms with Crippen molar-refractivity contribution < 1.29 is 0 Å². The zero-order valence-corrected chi connectivity index (χ0v) is 10.2. The number of hydrogen-bond donors (Lipinski definition) is 1. The van der Waals surface area contributed by atoms with E-state index in [0.717, 1.165) is 23.8 Å². The van der Waals surface area contributed by atoms with Gasteiger partial charge in [0.05, 0.1) is 24.1 Å². The third-order valence-corrected chi connectivity index (χ3v) is 2.76. The second-order valence-electron chi connectivity index (χ2n) is 4.02. The fourth-order valence-electron chi connectivity index (χ4n) is 1.62. The first-order chi connectivity index (χ1) is 8.20. The van der Waals surface area contributed by atoms with Crippen LogP contribution in [0.4, 0.5) is 5.69 Å². The van der Waals surface area contributed by atoms with Gasteiger partial charge in [0.15, 0.2) is 0 Å². The van der Waals surface area contributed by atoms with E-state index >= 15 is 0 Å². The SMILES string of the molecule is CN(Cc1nccn1C)c1ccc(CN)nc1. The van der Waals surface area contributed by atoms with Gasteiger partial charge in [-0.1, -0.05) is 0 Å². The molecule has 17 heavy (non-hydrogen) atoms. The summed E-state index contributed by atoms with van der Waals surface area (Å²) < 4.78 is 2.01. The van der Waals surface area contributed by atoms with Gasteiger partial charge in [0.25, 0.3) is 0 Å². The van der Waals surface area contributed by atoms with Crippen molar-refractivity contribution in [3.05, 3.63) is 42.2 Å². The van der Waals surface area contributed by atoms with Crippen LogP contribution >= 0.6 is 0 Å². The Kier molecular flexibility index (Phi) is 3.39. The van der Waals surface area contributed by atoms with Crippen molar-refractivity contribution in [2.24, 2.45) is 12.8 Å². The van der Waals surface area contributed by atoms with E-state index in [1.54, 1.807) is 6.20 Å². The van der Waals surface area contributed by atoms with Crippen LogP contribution in [0.25, 0.3) is 0 Å². The lowest BCUT2D eigenvalue weighted by Crippen LogP contribution is -2.19. The summed E-state index contributed by atoms with van der Waals surface area (Å²) in [5, 5.41) is 0. The molecule has 0 amide bonds. The van der Waals surface area contributed by atoms with E-state index in [-0.39, 0.29) is 0 Å². The second-order valence-corrected chi connectivity index (χ2v) is 4.02. The molecule has 0 aromatic carbocycles. The largest absolute Gasteiger partial charge is 0.366 e. The van der Waals surface area contributed by atoms with Crippen molar-refractivity contribution in [1.29, 1.82) is 0 Å². The van der Waals surface area contributed by atoms with Crippen LogP contribution in [0.15, 0.2) is 30.7 Å². The molecule has 90 valence electrons. The number of rotatable bonds is 4. The third kappa shape index (κ3) is 2.62. The van der Waals surface area contributed by atoms with Gasteiger partial charge in [0.1, 0.15) is 5.82 Å². The van der Waals surface area contributed by atoms with Crippen LogP contribution in [0, 0.1) is 0 Å². The minimum Gasteiger partial charge on any atom is -0.366 e. The zero-order valence-electron chi connectivity index (χ0n) is 10.2. The van der Waals surface area contributed by atoms with Crippen molar-refractivity contribution >= 4 is 5.69 Å². The normalized spacial score (nSPS) is 10.5. The maximum absolute atomic E-state index is 5.52. The van der Waals surface area contributed by atoms with Gasteiger partial charge in [-0.25, -0.2) is 4.98 Å². The summed E-state index contributed by atoms with van der Waals surface area (Å²) >= 11 is 0. The molecule has 0 aliphatic carbocycles. The number of anilines is 1. The number of aromatic nitrogens is 3. The Labute approximate surface area is 101 Å². The Morgan fingerprint density at radius 3 is 2.71 bits per heavy atom. The van der Waals surface area contributed by atoms with Gasteiger partial charge in [-0.2, -0.15) is 0 Å². The lowest BCUT2D eigenvalue weighted by Gasteiger charge is -2.18. The molecule has 0 radical (unpaired) electrons. The van der Waals surface area contributed by atoms with Crippen LogP contribution in [-0.2, 0) is 20.1 Å². The Balaban J connectivity index is 2.09. The highest BCUT2D eigenvalue weighted by Gasteiger charge is 2.05. The summed E-state index contributed by atoms with van der Waals surface area (Å²) in [7, 11) is 4.01. The molecule has 0 aliphatic heterocycles. The predicted molar refractivity (Wildman–Crippen MR) is 67.4 cm³/mol. The molecule has 2 rings (SSSR count). The zero-order chi connectivity index (χ0) is 12.3. The molecule has 5 nitrogen and oxygen atoms in total. The van der Waals surface area contributed by atoms with Gasteiger partial charge in [-0.3, -0.25) is 4.98 Å². The Morgan fingerprint density at radius 2 is 2.18 bits per heavy atom. The highest BCUT2D eigenvalue weighted by Crippen LogP contribution is 2.13. The molecule has 0 saturated heterocycles. The Morgan fingerprint density at radius 1 is 1.35 bits per heavy atom. The lowest BCUT2D eigenvalue weighted by molar-refractivity contribution is 0.760. The molecule has 0 bridgehead atoms. The van der Waals surface area contributed by atoms with E-state index in [4.69, 9.17) is 5.73 Å². The first kappa shape index (κ1) is 11.6. The number of hydrogen-bond acceptors (Lipinski definition) is 4. The van der Waals surface area contributed by atoms with Gasteiger partial charge in [0.2, 0.25) is 0 Å². The van der Waals surface area contributed by atoms with Crippen LogP contribution < -0.4 is 10.6 Å². The van der Waals surface area contributed by atoms with E-state index in [9.17, 15) is 0 Å². The third-order valence-electron chi connectivity index (χ3n) is 2.76. The molecular weight excluding hydrogens is 214 g/mol. The molecule has 0 fully saturated rings. The molecule has 0 atom stereocenters. The predicted octanol–water partition coefficient (Wildman–Crippen LogP) is 0.910. The monoisotopic (exact) mass is 231 g/mol. The van der Waals surface area contributed by atoms with Crippen LogP contribution in [-0.4, -0.2) is 21.6 Å². The fraction of sp³-hybridized carbons (Fsp3) is 0.333. The average Bonchev–Trinajstić information content (AvgIpc) is 2.75. The first-order valence-corrected chi connectivity index (χ1v) is 5.53. The Hall–Kier alpha value is -1.88. The summed E-state index contributed by atoms with van der Waals surface area (Å²) in [5.74, 6) is 1.02. The smallest absolute Gasteiger partial charge is 0.127 e. The van der Waals surface area contributed by atoms with Crippen molar-refractivity contribution in [3.8, 4) is 0 Å². The van der Waals surface area contributed by atoms with Crippen molar-refractivity contribution in [2.75, 3.05) is 11.9 Å². The van der Waals surface area contributed by atoms with Gasteiger partial charge in [-0.15, -0.1) is 0 Å². The van der Waals surface area contributed by atoms with Crippen molar-refractivity contribution in [3.63, 3.8) is 0 Å². The van der Waals surface area contributed by atoms with E-state index in [1.165, 1.54) is 0 Å². The number of aryl methyl sites for hydroxylation is 1. The molecule has 0 unspecified atom stereocenters. The molecule has 0 saturated carbocycles. The topological polar surface area (TPSA) is 60.0 Å². The minimum atomic E-state index is 0.476. The summed E-state index contributed by atoms with van der Waals surface area (Å²) in [6, 6.07) is 3.97. The fourth-order valence-corrected chi connectivity index (χ4v) is 1.62. The maximum atomic E-state index is 5.52. The summed E-state index contributed by atoms with van der Waals surface area (Å²) in [6.07, 6.45) is 5.59. The molecule has 2 aromatic rings. The van der Waals surface area contributed by atoms with Crippen LogP contribution in [0.5, 0.6) is 0 Å². The summed E-state index contributed by atoms with van der Waals surface area (Å²) in [6.45, 7) is 1.23. The maximum Gasteiger partial charge on any atom is 0.127 e. The quantitative estimate of drug-likeness (QED) is 0.849. The van der Waals surface area contributed by atoms with Gasteiger partial charge in [-0.05, 0) is 12.1 Å². The van der Waals surface area contributed by atoms with Crippen LogP contribution in [0.2, 0.25) is 0 Å². The molecule has 2 N–H and O–H groups in total. The lowest BCUT2D eigenvalue weighted by atomic mass is 10.3. The molecule has 0 spiro atoms. The van der Waals surface area contributed by atoms with Gasteiger partial charge < -0.3 is 15.2 Å². The molecule has 2 heterocycles. The highest BCUT2D eigenvalue weighted by molar-refractivity contribution is 5.43. The highest BCUT2D eigenvalue weighted by atomic mass is 15.2. The van der Waals surface area contributed by atoms with E-state index in [2.05, 4.69) is 14.9 Å². The molecular formula is C12H17N5. The van der Waals surface area contributed by atoms with Crippen molar-refractivity contribution in [2.45, 2.75) is 13.1 Å². The molecule has 0 aliphatic rings. The van der Waals surface area contributed by atoms with Gasteiger partial charge in [0, 0.05) is 33.0 Å². The first-order valence-electron chi connectivity index (χ1n) is 5.53. The van der Waals surface area contributed by atoms with E-state index < -0.39 is 0 Å². The number of nitrogens with two attached hydrogens (primary N) is 1. The number of pyridine rings is 1. The molecule has 5 heteroatoms. The summed E-state index contributed by atoms with van der Waals surface area (Å²) in [5.41, 5.74) is 7.48. The van der Waals surface area contributed by atoms with Crippen LogP contribution in [0.1, 0.15) is 11.5 Å². The van der Waals surface area contributed by atoms with E-state index in [0.29, 0.717) is 6.54 Å². The number of nitrogens with zero attached hydrogens (tertiary/aromatic N) is 4. The van der Waals surface area contributed by atoms with E-state index in [1.807, 2.05) is 43.2 Å². The molecule has 2 aromatic heterocycles. The van der Waals surface area contributed by atoms with Crippen LogP contribution in [0.3, 0.4) is 0 Å². The standard InChI is InChI=1S/C12H17N5/c1-16-6-5-14-12(16)9-17(2)11-4-3-10(7-13)15-8-11/h3-6,8H,7,9,13H2,1-2H3. The van der Waals surface area contributed by atoms with Crippen molar-refractivity contribution in [1.82, 2.24) is 14.5 Å². The second kappa shape index (κ2) is 4.97.